The number of benzene rings is 3. The molecular formula is C25H20N2O4S2. The van der Waals surface area contributed by atoms with Crippen LogP contribution in [0.2, 0.25) is 0 Å². The van der Waals surface area contributed by atoms with Crippen LogP contribution in [-0.2, 0) is 26.0 Å². The summed E-state index contributed by atoms with van der Waals surface area (Å²) >= 11 is 1.40. The SMILES string of the molecule is COC(=O)[C@H](C#N)Cc1c(Sc2ccccc2)c2ccccc2n1S(=O)(=O)c1ccccc1. The predicted molar refractivity (Wildman–Crippen MR) is 126 cm³/mol. The van der Waals surface area contributed by atoms with Crippen LogP contribution in [0, 0.1) is 17.2 Å². The molecule has 0 bridgehead atoms. The smallest absolute Gasteiger partial charge is 0.323 e. The first-order chi connectivity index (χ1) is 16.0. The highest BCUT2D eigenvalue weighted by Gasteiger charge is 2.31. The van der Waals surface area contributed by atoms with Gasteiger partial charge in [-0.3, -0.25) is 4.79 Å². The molecule has 33 heavy (non-hydrogen) atoms. The molecule has 166 valence electrons. The highest BCUT2D eigenvalue weighted by molar-refractivity contribution is 7.99. The summed E-state index contributed by atoms with van der Waals surface area (Å²) in [5, 5.41) is 10.4. The first-order valence-corrected chi connectivity index (χ1v) is 12.4. The van der Waals surface area contributed by atoms with Crippen molar-refractivity contribution in [2.75, 3.05) is 7.11 Å². The van der Waals surface area contributed by atoms with Crippen molar-refractivity contribution in [2.24, 2.45) is 5.92 Å². The molecule has 0 aliphatic heterocycles. The normalized spacial score (nSPS) is 12.2. The fourth-order valence-corrected chi connectivity index (χ4v) is 6.37. The van der Waals surface area contributed by atoms with Gasteiger partial charge in [-0.2, -0.15) is 5.26 Å². The van der Waals surface area contributed by atoms with Gasteiger partial charge in [0.25, 0.3) is 10.0 Å². The van der Waals surface area contributed by atoms with Crippen LogP contribution in [0.25, 0.3) is 10.9 Å². The van der Waals surface area contributed by atoms with Crippen molar-refractivity contribution < 1.29 is 17.9 Å². The molecule has 1 atom stereocenters. The van der Waals surface area contributed by atoms with Gasteiger partial charge in [-0.1, -0.05) is 66.4 Å². The summed E-state index contributed by atoms with van der Waals surface area (Å²) in [7, 11) is -2.80. The molecule has 8 heteroatoms. The summed E-state index contributed by atoms with van der Waals surface area (Å²) in [6.45, 7) is 0. The fourth-order valence-electron chi connectivity index (χ4n) is 3.62. The second-order valence-electron chi connectivity index (χ2n) is 7.20. The molecule has 0 N–H and O–H groups in total. The topological polar surface area (TPSA) is 89.2 Å². The van der Waals surface area contributed by atoms with Gasteiger partial charge in [0.1, 0.15) is 5.92 Å². The number of hydrogen-bond acceptors (Lipinski definition) is 6. The maximum absolute atomic E-state index is 13.8. The van der Waals surface area contributed by atoms with Crippen molar-refractivity contribution in [3.05, 3.63) is 90.6 Å². The highest BCUT2D eigenvalue weighted by Crippen LogP contribution is 2.41. The van der Waals surface area contributed by atoms with E-state index in [9.17, 15) is 18.5 Å². The standard InChI is InChI=1S/C25H20N2O4S2/c1-31-25(28)18(17-26)16-23-24(32-19-10-4-2-5-11-19)21-14-8-9-15-22(21)27(23)33(29,30)20-12-6-3-7-13-20/h2-15,18H,16H2,1H3/t18-/m0/s1. The Balaban J connectivity index is 2.02. The van der Waals surface area contributed by atoms with E-state index in [2.05, 4.69) is 0 Å². The molecule has 0 fully saturated rings. The molecule has 1 aromatic heterocycles. The zero-order valence-corrected chi connectivity index (χ0v) is 19.3. The van der Waals surface area contributed by atoms with Crippen LogP contribution >= 0.6 is 11.8 Å². The number of hydrogen-bond donors (Lipinski definition) is 0. The number of carbonyl (C=O) groups excluding carboxylic acids is 1. The number of aromatic nitrogens is 1. The highest BCUT2D eigenvalue weighted by atomic mass is 32.2. The summed E-state index contributed by atoms with van der Waals surface area (Å²) in [5.41, 5.74) is 0.849. The second-order valence-corrected chi connectivity index (χ2v) is 10.1. The van der Waals surface area contributed by atoms with Crippen LogP contribution in [-0.4, -0.2) is 25.5 Å². The van der Waals surface area contributed by atoms with E-state index in [1.807, 2.05) is 48.5 Å². The average Bonchev–Trinajstić information content (AvgIpc) is 3.16. The summed E-state index contributed by atoms with van der Waals surface area (Å²) in [6.07, 6.45) is -0.112. The number of nitrogens with zero attached hydrogens (tertiary/aromatic N) is 2. The zero-order chi connectivity index (χ0) is 23.4. The average molecular weight is 477 g/mol. The number of para-hydroxylation sites is 1. The first kappa shape index (κ1) is 22.6. The maximum Gasteiger partial charge on any atom is 0.323 e. The van der Waals surface area contributed by atoms with Gasteiger partial charge in [-0.05, 0) is 30.3 Å². The van der Waals surface area contributed by atoms with E-state index in [0.717, 1.165) is 10.3 Å². The molecular weight excluding hydrogens is 456 g/mol. The van der Waals surface area contributed by atoms with Crippen LogP contribution in [0.3, 0.4) is 0 Å². The molecule has 3 aromatic carbocycles. The van der Waals surface area contributed by atoms with Gasteiger partial charge in [-0.25, -0.2) is 12.4 Å². The minimum absolute atomic E-state index is 0.112. The number of nitriles is 1. The fraction of sp³-hybridized carbons (Fsp3) is 0.120. The monoisotopic (exact) mass is 476 g/mol. The Morgan fingerprint density at radius 2 is 1.61 bits per heavy atom. The lowest BCUT2D eigenvalue weighted by molar-refractivity contribution is -0.143. The lowest BCUT2D eigenvalue weighted by Crippen LogP contribution is -2.22. The van der Waals surface area contributed by atoms with Crippen molar-refractivity contribution in [2.45, 2.75) is 21.1 Å². The maximum atomic E-state index is 13.8. The van der Waals surface area contributed by atoms with Crippen molar-refractivity contribution in [3.63, 3.8) is 0 Å². The van der Waals surface area contributed by atoms with Gasteiger partial charge in [0.15, 0.2) is 0 Å². The summed E-state index contributed by atoms with van der Waals surface area (Å²) in [6, 6.07) is 26.8. The number of fused-ring (bicyclic) bond motifs is 1. The summed E-state index contributed by atoms with van der Waals surface area (Å²) in [4.78, 5) is 14.0. The quantitative estimate of drug-likeness (QED) is 0.353. The van der Waals surface area contributed by atoms with E-state index in [1.165, 1.54) is 35.0 Å². The van der Waals surface area contributed by atoms with Gasteiger partial charge in [0.2, 0.25) is 0 Å². The number of methoxy groups -OCH3 is 1. The van der Waals surface area contributed by atoms with Gasteiger partial charge in [0.05, 0.1) is 29.3 Å². The third-order valence-corrected chi connectivity index (χ3v) is 8.09. The van der Waals surface area contributed by atoms with Crippen molar-refractivity contribution in [1.29, 1.82) is 5.26 Å². The van der Waals surface area contributed by atoms with E-state index >= 15 is 0 Å². The minimum atomic E-state index is -4.01. The number of rotatable bonds is 7. The molecule has 6 nitrogen and oxygen atoms in total. The Morgan fingerprint density at radius 3 is 2.24 bits per heavy atom. The molecule has 0 amide bonds. The Kier molecular flexibility index (Phi) is 6.54. The van der Waals surface area contributed by atoms with E-state index < -0.39 is 21.9 Å². The van der Waals surface area contributed by atoms with Crippen LogP contribution in [0.4, 0.5) is 0 Å². The third kappa shape index (κ3) is 4.38. The minimum Gasteiger partial charge on any atom is -0.468 e. The van der Waals surface area contributed by atoms with Gasteiger partial charge in [0, 0.05) is 21.6 Å². The lowest BCUT2D eigenvalue weighted by atomic mass is 10.1. The van der Waals surface area contributed by atoms with E-state index in [1.54, 1.807) is 30.3 Å². The van der Waals surface area contributed by atoms with Crippen molar-refractivity contribution >= 4 is 38.7 Å². The molecule has 0 unspecified atom stereocenters. The van der Waals surface area contributed by atoms with Crippen LogP contribution in [0.15, 0.2) is 99.6 Å². The Labute approximate surface area is 196 Å². The molecule has 0 spiro atoms. The van der Waals surface area contributed by atoms with E-state index in [4.69, 9.17) is 4.74 Å². The van der Waals surface area contributed by atoms with Crippen LogP contribution in [0.1, 0.15) is 5.69 Å². The van der Waals surface area contributed by atoms with Crippen LogP contribution in [0.5, 0.6) is 0 Å². The van der Waals surface area contributed by atoms with Gasteiger partial charge >= 0.3 is 5.97 Å². The largest absolute Gasteiger partial charge is 0.468 e. The second kappa shape index (κ2) is 9.53. The molecule has 0 aliphatic rings. The van der Waals surface area contributed by atoms with Gasteiger partial charge in [-0.15, -0.1) is 0 Å². The molecule has 0 saturated carbocycles. The molecule has 4 rings (SSSR count). The third-order valence-electron chi connectivity index (χ3n) is 5.16. The lowest BCUT2D eigenvalue weighted by Gasteiger charge is -2.15. The van der Waals surface area contributed by atoms with E-state index in [-0.39, 0.29) is 11.3 Å². The molecule has 0 saturated heterocycles. The number of ether oxygens (including phenoxy) is 1. The predicted octanol–water partition coefficient (Wildman–Crippen LogP) is 4.88. The summed E-state index contributed by atoms with van der Waals surface area (Å²) in [5.74, 6) is -1.86. The zero-order valence-electron chi connectivity index (χ0n) is 17.7. The van der Waals surface area contributed by atoms with Crippen LogP contribution < -0.4 is 0 Å². The Hall–Kier alpha value is -3.54. The number of esters is 1. The molecule has 0 aliphatic carbocycles. The van der Waals surface area contributed by atoms with Gasteiger partial charge < -0.3 is 4.74 Å². The number of carbonyl (C=O) groups is 1. The van der Waals surface area contributed by atoms with Crippen molar-refractivity contribution in [3.8, 4) is 6.07 Å². The Bertz CT molecular complexity index is 1440. The first-order valence-electron chi connectivity index (χ1n) is 10.1. The van der Waals surface area contributed by atoms with Crippen molar-refractivity contribution in [1.82, 2.24) is 3.97 Å². The summed E-state index contributed by atoms with van der Waals surface area (Å²) < 4.78 is 33.6. The Morgan fingerprint density at radius 1 is 1.00 bits per heavy atom. The molecule has 0 radical (unpaired) electrons. The van der Waals surface area contributed by atoms with E-state index in [0.29, 0.717) is 16.1 Å². The molecule has 1 heterocycles. The molecule has 4 aromatic rings.